The molecule has 0 heterocycles. The van der Waals surface area contributed by atoms with Gasteiger partial charge in [-0.3, -0.25) is 43.2 Å². The highest BCUT2D eigenvalue weighted by Gasteiger charge is 2.34. The third-order valence-corrected chi connectivity index (χ3v) is 11.4. The average molecular weight is 1020 g/mol. The maximum Gasteiger partial charge on any atom is 0.326 e. The fourth-order valence-corrected chi connectivity index (χ4v) is 7.33. The monoisotopic (exact) mass is 1020 g/mol. The minimum absolute atomic E-state index is 0.0519. The normalized spacial score (nSPS) is 15.0. The summed E-state index contributed by atoms with van der Waals surface area (Å²) in [4.78, 5) is 130. The van der Waals surface area contributed by atoms with Crippen LogP contribution in [0.1, 0.15) is 98.5 Å². The van der Waals surface area contributed by atoms with Crippen molar-refractivity contribution < 1.29 is 63.3 Å². The molecule has 71 heavy (non-hydrogen) atoms. The van der Waals surface area contributed by atoms with E-state index in [0.717, 1.165) is 0 Å². The smallest absolute Gasteiger partial charge is 0.326 e. The summed E-state index contributed by atoms with van der Waals surface area (Å²) in [6.45, 7) is 9.26. The summed E-state index contributed by atoms with van der Waals surface area (Å²) in [7, 11) is 0. The van der Waals surface area contributed by atoms with E-state index in [0.29, 0.717) is 30.7 Å². The largest absolute Gasteiger partial charge is 0.508 e. The Morgan fingerprint density at radius 3 is 1.68 bits per heavy atom. The Labute approximate surface area is 419 Å². The van der Waals surface area contributed by atoms with Crippen LogP contribution in [0.2, 0.25) is 0 Å². The second-order valence-corrected chi connectivity index (χ2v) is 19.2. The van der Waals surface area contributed by atoms with Gasteiger partial charge in [-0.15, -0.1) is 0 Å². The number of aromatic hydroxyl groups is 1. The number of phenols is 1. The van der Waals surface area contributed by atoms with Gasteiger partial charge in [0, 0.05) is 12.8 Å². The zero-order valence-corrected chi connectivity index (χ0v) is 42.5. The van der Waals surface area contributed by atoms with Crippen molar-refractivity contribution in [2.45, 2.75) is 154 Å². The van der Waals surface area contributed by atoms with E-state index in [9.17, 15) is 63.3 Å². The first kappa shape index (κ1) is 63.0. The molecule has 9 amide bonds. The number of benzene rings is 1. The highest BCUT2D eigenvalue weighted by atomic mass is 32.2. The van der Waals surface area contributed by atoms with E-state index in [1.807, 2.05) is 0 Å². The Bertz CT molecular complexity index is 1940. The summed E-state index contributed by atoms with van der Waals surface area (Å²) >= 11 is 1.40. The van der Waals surface area contributed by atoms with Crippen molar-refractivity contribution in [2.75, 3.05) is 25.1 Å². The van der Waals surface area contributed by atoms with Crippen LogP contribution in [0.25, 0.3) is 0 Å². The number of rotatable bonds is 34. The van der Waals surface area contributed by atoms with Crippen molar-refractivity contribution in [2.24, 2.45) is 29.0 Å². The molecular formula is C46H77N11O13S. The molecule has 1 rings (SSSR count). The predicted octanol–water partition coefficient (Wildman–Crippen LogP) is -2.50. The summed E-state index contributed by atoms with van der Waals surface area (Å²) < 4.78 is 0. The van der Waals surface area contributed by atoms with Gasteiger partial charge < -0.3 is 75.1 Å². The first-order valence-electron chi connectivity index (χ1n) is 23.6. The molecule has 0 radical (unpaired) electrons. The number of nitrogens with one attached hydrogen (secondary N) is 8. The van der Waals surface area contributed by atoms with Crippen LogP contribution >= 0.6 is 11.8 Å². The first-order chi connectivity index (χ1) is 33.3. The zero-order chi connectivity index (χ0) is 54.0. The molecule has 0 aliphatic rings. The van der Waals surface area contributed by atoms with Gasteiger partial charge >= 0.3 is 5.97 Å². The Morgan fingerprint density at radius 2 is 1.14 bits per heavy atom. The topological polar surface area (TPSA) is 406 Å². The summed E-state index contributed by atoms with van der Waals surface area (Å²) in [5, 5.41) is 50.0. The van der Waals surface area contributed by atoms with E-state index in [4.69, 9.17) is 17.2 Å². The van der Waals surface area contributed by atoms with Gasteiger partial charge in [-0.2, -0.15) is 11.8 Å². The van der Waals surface area contributed by atoms with Crippen LogP contribution in [0.3, 0.4) is 0 Å². The van der Waals surface area contributed by atoms with Gasteiger partial charge in [0.15, 0.2) is 0 Å². The predicted molar refractivity (Wildman–Crippen MR) is 265 cm³/mol. The molecule has 17 N–H and O–H groups in total. The number of carboxylic acid groups (broad SMARTS) is 1. The molecule has 400 valence electrons. The number of hydrogen-bond donors (Lipinski definition) is 14. The number of carboxylic acids is 1. The average Bonchev–Trinajstić information content (AvgIpc) is 3.29. The number of carbonyl (C=O) groups excluding carboxylic acids is 9. The summed E-state index contributed by atoms with van der Waals surface area (Å²) in [6.07, 6.45) is 1.32. The Balaban J connectivity index is 3.15. The number of nitrogens with two attached hydrogens (primary N) is 3. The molecule has 9 atom stereocenters. The van der Waals surface area contributed by atoms with Gasteiger partial charge in [0.1, 0.15) is 48.0 Å². The molecule has 1 aromatic rings. The number of carbonyl (C=O) groups is 10. The Kier molecular flexibility index (Phi) is 29.1. The van der Waals surface area contributed by atoms with Gasteiger partial charge in [-0.25, -0.2) is 4.79 Å². The fourth-order valence-electron chi connectivity index (χ4n) is 6.86. The molecule has 0 aromatic heterocycles. The quantitative estimate of drug-likeness (QED) is 0.0317. The summed E-state index contributed by atoms with van der Waals surface area (Å²) in [6, 6.07) is -4.51. The molecule has 0 fully saturated rings. The van der Waals surface area contributed by atoms with Gasteiger partial charge in [0.2, 0.25) is 53.2 Å². The molecule has 0 bridgehead atoms. The number of aliphatic carboxylic acids is 1. The van der Waals surface area contributed by atoms with E-state index < -0.39 is 120 Å². The highest BCUT2D eigenvalue weighted by Crippen LogP contribution is 2.14. The minimum Gasteiger partial charge on any atom is -0.508 e. The SMILES string of the molecule is CSCC[C@H](NC(=O)[C@@H](N)CCC(N)=O)C(=O)N[C@@H](Cc1ccc(O)cc1)C(=O)N[C@@H](CC(C)C)C(=O)NCC(=O)N[C@@H](C)C(=O)N[C@H](C(=O)N[C@@H](CC(C)C)C(=O)N[C@@H](CCCCN)C(=O)O)[C@@H](C)O. The lowest BCUT2D eigenvalue weighted by Gasteiger charge is -2.27. The molecular weight excluding hydrogens is 947 g/mol. The van der Waals surface area contributed by atoms with Crippen molar-refractivity contribution >= 4 is 70.9 Å². The first-order valence-corrected chi connectivity index (χ1v) is 25.0. The number of aliphatic hydroxyl groups excluding tert-OH is 1. The molecule has 1 aromatic carbocycles. The van der Waals surface area contributed by atoms with Gasteiger partial charge in [0.05, 0.1) is 18.7 Å². The molecule has 0 saturated heterocycles. The molecule has 0 unspecified atom stereocenters. The fraction of sp³-hybridized carbons (Fsp3) is 0.652. The van der Waals surface area contributed by atoms with E-state index in [1.165, 1.54) is 49.9 Å². The highest BCUT2D eigenvalue weighted by molar-refractivity contribution is 7.98. The van der Waals surface area contributed by atoms with E-state index in [2.05, 4.69) is 42.5 Å². The number of thioether (sulfide) groups is 1. The van der Waals surface area contributed by atoms with Crippen LogP contribution in [0.15, 0.2) is 24.3 Å². The van der Waals surface area contributed by atoms with Crippen LogP contribution in [0.5, 0.6) is 5.75 Å². The molecule has 24 nitrogen and oxygen atoms in total. The second-order valence-electron chi connectivity index (χ2n) is 18.2. The van der Waals surface area contributed by atoms with Crippen LogP contribution in [0, 0.1) is 11.8 Å². The van der Waals surface area contributed by atoms with Crippen molar-refractivity contribution in [3.8, 4) is 5.75 Å². The van der Waals surface area contributed by atoms with Crippen LogP contribution in [-0.4, -0.2) is 154 Å². The van der Waals surface area contributed by atoms with Crippen molar-refractivity contribution in [1.29, 1.82) is 0 Å². The maximum absolute atomic E-state index is 14.0. The zero-order valence-electron chi connectivity index (χ0n) is 41.7. The number of hydrogen-bond acceptors (Lipinski definition) is 15. The third kappa shape index (κ3) is 25.1. The van der Waals surface area contributed by atoms with Crippen molar-refractivity contribution in [3.63, 3.8) is 0 Å². The molecule has 0 saturated carbocycles. The van der Waals surface area contributed by atoms with Crippen molar-refractivity contribution in [1.82, 2.24) is 42.5 Å². The van der Waals surface area contributed by atoms with E-state index in [-0.39, 0.29) is 62.5 Å². The molecule has 0 aliphatic carbocycles. The van der Waals surface area contributed by atoms with Crippen molar-refractivity contribution in [3.05, 3.63) is 29.8 Å². The number of aliphatic hydroxyl groups is 1. The van der Waals surface area contributed by atoms with E-state index >= 15 is 0 Å². The van der Waals surface area contributed by atoms with Crippen LogP contribution < -0.4 is 59.7 Å². The standard InChI is InChI=1S/C46H77N11O13S/c1-24(2)20-33(54-44(67)35(22-28-11-13-29(59)14-12-28)55-42(65)31(17-19-71-7)52-40(63)30(48)15-16-36(49)60)41(64)50-23-37(61)51-26(5)39(62)57-38(27(6)58)45(68)56-34(21-25(3)4)43(66)53-32(46(69)70)10-8-9-18-47/h11-14,24-27,30-35,38,58-59H,8-10,15-23,47-48H2,1-7H3,(H2,49,60)(H,50,64)(H,51,61)(H,52,63)(H,53,66)(H,54,67)(H,55,65)(H,56,68)(H,57,62)(H,69,70)/t26-,27+,30-,31-,32-,33-,34-,35-,38-/m0/s1. The summed E-state index contributed by atoms with van der Waals surface area (Å²) in [5.74, 6) is -8.46. The minimum atomic E-state index is -1.62. The number of phenolic OH excluding ortho intramolecular Hbond substituents is 1. The van der Waals surface area contributed by atoms with Gasteiger partial charge in [0.25, 0.3) is 0 Å². The van der Waals surface area contributed by atoms with Gasteiger partial charge in [-0.1, -0.05) is 39.8 Å². The molecule has 25 heteroatoms. The van der Waals surface area contributed by atoms with E-state index in [1.54, 1.807) is 34.0 Å². The lowest BCUT2D eigenvalue weighted by atomic mass is 10.0. The van der Waals surface area contributed by atoms with Crippen LogP contribution in [-0.2, 0) is 54.4 Å². The number of amides is 9. The lowest BCUT2D eigenvalue weighted by Crippen LogP contribution is -2.60. The maximum atomic E-state index is 14.0. The van der Waals surface area contributed by atoms with Crippen LogP contribution in [0.4, 0.5) is 0 Å². The number of unbranched alkanes of at least 4 members (excludes halogenated alkanes) is 1. The third-order valence-electron chi connectivity index (χ3n) is 10.8. The Morgan fingerprint density at radius 1 is 0.620 bits per heavy atom. The molecule has 0 spiro atoms. The summed E-state index contributed by atoms with van der Waals surface area (Å²) in [5.41, 5.74) is 17.1. The number of primary amides is 1. The second kappa shape index (κ2) is 32.8. The lowest BCUT2D eigenvalue weighted by molar-refractivity contribution is -0.142. The molecule has 0 aliphatic heterocycles. The Hall–Kier alpha value is -6.05. The van der Waals surface area contributed by atoms with Gasteiger partial charge in [-0.05, 0) is 107 Å².